The van der Waals surface area contributed by atoms with Crippen molar-refractivity contribution in [2.45, 2.75) is 13.8 Å². The molecular weight excluding hydrogens is 264 g/mol. The van der Waals surface area contributed by atoms with Gasteiger partial charge in [0.25, 0.3) is 0 Å². The molecule has 1 heterocycles. The van der Waals surface area contributed by atoms with Crippen molar-refractivity contribution in [3.05, 3.63) is 63.8 Å². The van der Waals surface area contributed by atoms with Crippen LogP contribution in [0.2, 0.25) is 0 Å². The van der Waals surface area contributed by atoms with E-state index in [4.69, 9.17) is 9.15 Å². The summed E-state index contributed by atoms with van der Waals surface area (Å²) in [5.41, 5.74) is 3.52. The molecule has 3 heteroatoms. The average molecular weight is 280 g/mol. The number of hydrogen-bond donors (Lipinski definition) is 0. The molecule has 0 saturated heterocycles. The second kappa shape index (κ2) is 5.09. The highest BCUT2D eigenvalue weighted by atomic mass is 16.5. The molecular formula is C18H16O3. The Bertz CT molecular complexity index is 858. The molecule has 0 bridgehead atoms. The van der Waals surface area contributed by atoms with Crippen molar-refractivity contribution in [2.75, 3.05) is 7.11 Å². The van der Waals surface area contributed by atoms with Crippen molar-refractivity contribution >= 4 is 11.0 Å². The predicted molar refractivity (Wildman–Crippen MR) is 83.9 cm³/mol. The third-order valence-electron chi connectivity index (χ3n) is 3.53. The molecule has 0 atom stereocenters. The molecule has 3 rings (SSSR count). The topological polar surface area (TPSA) is 39.4 Å². The van der Waals surface area contributed by atoms with Crippen LogP contribution in [0.1, 0.15) is 11.1 Å². The van der Waals surface area contributed by atoms with Gasteiger partial charge in [-0.3, -0.25) is 4.79 Å². The van der Waals surface area contributed by atoms with Crippen molar-refractivity contribution in [1.82, 2.24) is 0 Å². The highest BCUT2D eigenvalue weighted by molar-refractivity contribution is 5.82. The van der Waals surface area contributed by atoms with Gasteiger partial charge in [-0.05, 0) is 55.3 Å². The zero-order valence-electron chi connectivity index (χ0n) is 12.3. The highest BCUT2D eigenvalue weighted by Crippen LogP contribution is 2.26. The SMILES string of the molecule is COc1ccc(-c2cc(=O)c3cc(C)cc(C)c3o2)cc1. The Labute approximate surface area is 122 Å². The van der Waals surface area contributed by atoms with E-state index in [1.165, 1.54) is 0 Å². The number of hydrogen-bond acceptors (Lipinski definition) is 3. The fourth-order valence-electron chi connectivity index (χ4n) is 2.51. The van der Waals surface area contributed by atoms with Crippen molar-refractivity contribution < 1.29 is 9.15 Å². The number of ether oxygens (including phenoxy) is 1. The summed E-state index contributed by atoms with van der Waals surface area (Å²) >= 11 is 0. The lowest BCUT2D eigenvalue weighted by Crippen LogP contribution is -2.01. The molecule has 0 saturated carbocycles. The first-order valence-corrected chi connectivity index (χ1v) is 6.78. The van der Waals surface area contributed by atoms with Crippen LogP contribution in [-0.4, -0.2) is 7.11 Å². The molecule has 0 amide bonds. The minimum absolute atomic E-state index is 0.0196. The van der Waals surface area contributed by atoms with Crippen molar-refractivity contribution in [3.8, 4) is 17.1 Å². The summed E-state index contributed by atoms with van der Waals surface area (Å²) in [5.74, 6) is 1.34. The summed E-state index contributed by atoms with van der Waals surface area (Å²) in [5, 5.41) is 0.629. The number of benzene rings is 2. The van der Waals surface area contributed by atoms with E-state index in [-0.39, 0.29) is 5.43 Å². The number of fused-ring (bicyclic) bond motifs is 1. The Kier molecular flexibility index (Phi) is 3.26. The van der Waals surface area contributed by atoms with E-state index in [1.807, 2.05) is 50.2 Å². The Morgan fingerprint density at radius 3 is 2.38 bits per heavy atom. The molecule has 0 aliphatic carbocycles. The van der Waals surface area contributed by atoms with E-state index < -0.39 is 0 Å². The minimum atomic E-state index is -0.0196. The summed E-state index contributed by atoms with van der Waals surface area (Å²) < 4.78 is 11.1. The maximum absolute atomic E-state index is 12.3. The van der Waals surface area contributed by atoms with Crippen molar-refractivity contribution in [1.29, 1.82) is 0 Å². The van der Waals surface area contributed by atoms with Crippen molar-refractivity contribution in [3.63, 3.8) is 0 Å². The lowest BCUT2D eigenvalue weighted by molar-refractivity contribution is 0.415. The predicted octanol–water partition coefficient (Wildman–Crippen LogP) is 4.09. The second-order valence-corrected chi connectivity index (χ2v) is 5.16. The fourth-order valence-corrected chi connectivity index (χ4v) is 2.51. The molecule has 3 nitrogen and oxygen atoms in total. The van der Waals surface area contributed by atoms with Gasteiger partial charge in [0.1, 0.15) is 17.1 Å². The van der Waals surface area contributed by atoms with Gasteiger partial charge in [0.15, 0.2) is 5.43 Å². The van der Waals surface area contributed by atoms with Crippen LogP contribution in [-0.2, 0) is 0 Å². The molecule has 0 radical (unpaired) electrons. The van der Waals surface area contributed by atoms with Gasteiger partial charge >= 0.3 is 0 Å². The summed E-state index contributed by atoms with van der Waals surface area (Å²) in [4.78, 5) is 12.3. The van der Waals surface area contributed by atoms with E-state index in [0.717, 1.165) is 22.4 Å². The van der Waals surface area contributed by atoms with Gasteiger partial charge in [-0.25, -0.2) is 0 Å². The molecule has 0 aliphatic heterocycles. The first kappa shape index (κ1) is 13.4. The molecule has 0 aliphatic rings. The van der Waals surface area contributed by atoms with Crippen LogP contribution in [0.4, 0.5) is 0 Å². The average Bonchev–Trinajstić information content (AvgIpc) is 2.48. The van der Waals surface area contributed by atoms with Gasteiger partial charge < -0.3 is 9.15 Å². The highest BCUT2D eigenvalue weighted by Gasteiger charge is 2.09. The fraction of sp³-hybridized carbons (Fsp3) is 0.167. The summed E-state index contributed by atoms with van der Waals surface area (Å²) in [6.07, 6.45) is 0. The third kappa shape index (κ3) is 2.42. The van der Waals surface area contributed by atoms with Crippen molar-refractivity contribution in [2.24, 2.45) is 0 Å². The lowest BCUT2D eigenvalue weighted by Gasteiger charge is -2.07. The number of rotatable bonds is 2. The molecule has 2 aromatic carbocycles. The van der Waals surface area contributed by atoms with E-state index in [0.29, 0.717) is 16.7 Å². The van der Waals surface area contributed by atoms with Gasteiger partial charge in [-0.2, -0.15) is 0 Å². The monoisotopic (exact) mass is 280 g/mol. The van der Waals surface area contributed by atoms with Crippen LogP contribution in [0, 0.1) is 13.8 Å². The molecule has 0 unspecified atom stereocenters. The van der Waals surface area contributed by atoms with Crippen LogP contribution in [0.15, 0.2) is 51.7 Å². The number of methoxy groups -OCH3 is 1. The van der Waals surface area contributed by atoms with Gasteiger partial charge in [0, 0.05) is 11.6 Å². The maximum atomic E-state index is 12.3. The standard InChI is InChI=1S/C18H16O3/c1-11-8-12(2)18-15(9-11)16(19)10-17(21-18)13-4-6-14(20-3)7-5-13/h4-10H,1-3H3. The Balaban J connectivity index is 2.22. The molecule has 0 N–H and O–H groups in total. The lowest BCUT2D eigenvalue weighted by atomic mass is 10.1. The summed E-state index contributed by atoms with van der Waals surface area (Å²) in [6.45, 7) is 3.93. The van der Waals surface area contributed by atoms with Crippen LogP contribution in [0.5, 0.6) is 5.75 Å². The van der Waals surface area contributed by atoms with E-state index in [2.05, 4.69) is 0 Å². The summed E-state index contributed by atoms with van der Waals surface area (Å²) in [6, 6.07) is 12.9. The number of aryl methyl sites for hydroxylation is 2. The third-order valence-corrected chi connectivity index (χ3v) is 3.53. The zero-order valence-corrected chi connectivity index (χ0v) is 12.3. The smallest absolute Gasteiger partial charge is 0.193 e. The molecule has 0 spiro atoms. The molecule has 21 heavy (non-hydrogen) atoms. The van der Waals surface area contributed by atoms with Crippen LogP contribution < -0.4 is 10.2 Å². The molecule has 1 aromatic heterocycles. The Morgan fingerprint density at radius 1 is 1.00 bits per heavy atom. The quantitative estimate of drug-likeness (QED) is 0.710. The van der Waals surface area contributed by atoms with Crippen LogP contribution >= 0.6 is 0 Å². The largest absolute Gasteiger partial charge is 0.497 e. The first-order chi connectivity index (χ1) is 10.1. The van der Waals surface area contributed by atoms with Crippen LogP contribution in [0.3, 0.4) is 0 Å². The molecule has 106 valence electrons. The van der Waals surface area contributed by atoms with E-state index >= 15 is 0 Å². The van der Waals surface area contributed by atoms with Gasteiger partial charge in [-0.15, -0.1) is 0 Å². The maximum Gasteiger partial charge on any atom is 0.193 e. The summed E-state index contributed by atoms with van der Waals surface area (Å²) in [7, 11) is 1.62. The Morgan fingerprint density at radius 2 is 1.71 bits per heavy atom. The normalized spacial score (nSPS) is 10.8. The minimum Gasteiger partial charge on any atom is -0.497 e. The molecule has 3 aromatic rings. The second-order valence-electron chi connectivity index (χ2n) is 5.16. The van der Waals surface area contributed by atoms with Crippen LogP contribution in [0.25, 0.3) is 22.3 Å². The zero-order chi connectivity index (χ0) is 15.0. The van der Waals surface area contributed by atoms with E-state index in [9.17, 15) is 4.79 Å². The van der Waals surface area contributed by atoms with Gasteiger partial charge in [-0.1, -0.05) is 6.07 Å². The van der Waals surface area contributed by atoms with Gasteiger partial charge in [0.2, 0.25) is 0 Å². The van der Waals surface area contributed by atoms with E-state index in [1.54, 1.807) is 13.2 Å². The molecule has 0 fully saturated rings. The first-order valence-electron chi connectivity index (χ1n) is 6.78. The van der Waals surface area contributed by atoms with Gasteiger partial charge in [0.05, 0.1) is 12.5 Å². The Hall–Kier alpha value is -2.55.